The fourth-order valence-electron chi connectivity index (χ4n) is 4.45. The Morgan fingerprint density at radius 1 is 1.00 bits per heavy atom. The second-order valence-electron chi connectivity index (χ2n) is 9.72. The van der Waals surface area contributed by atoms with Crippen LogP contribution in [0.3, 0.4) is 0 Å². The topological polar surface area (TPSA) is 163 Å². The van der Waals surface area contributed by atoms with Crippen molar-refractivity contribution in [2.24, 2.45) is 28.3 Å². The van der Waals surface area contributed by atoms with E-state index in [2.05, 4.69) is 10.3 Å². The van der Waals surface area contributed by atoms with Gasteiger partial charge in [0, 0.05) is 32.4 Å². The van der Waals surface area contributed by atoms with E-state index in [1.807, 2.05) is 56.3 Å². The number of nitrogens with zero attached hydrogens (tertiary/aromatic N) is 2. The van der Waals surface area contributed by atoms with Crippen molar-refractivity contribution in [2.75, 3.05) is 13.6 Å². The SMILES string of the molecule is CNC(=O)[C@H](Cc1ccc(N=C(N)N)cc1)N(CCCc1ccccc1)C(=O)[C@@H](CC(=O)NO)CC(C)C. The van der Waals surface area contributed by atoms with Crippen LogP contribution in [-0.4, -0.2) is 53.4 Å². The van der Waals surface area contributed by atoms with Gasteiger partial charge in [-0.05, 0) is 48.4 Å². The predicted octanol–water partition coefficient (Wildman–Crippen LogP) is 2.27. The Morgan fingerprint density at radius 2 is 1.66 bits per heavy atom. The van der Waals surface area contributed by atoms with Crippen molar-refractivity contribution in [1.82, 2.24) is 15.7 Å². The number of aliphatic imine (C=N–C) groups is 1. The lowest BCUT2D eigenvalue weighted by atomic mass is 9.91. The first-order valence-electron chi connectivity index (χ1n) is 12.8. The van der Waals surface area contributed by atoms with Gasteiger partial charge in [-0.3, -0.25) is 19.6 Å². The Labute approximate surface area is 224 Å². The molecule has 3 amide bonds. The number of nitrogens with one attached hydrogen (secondary N) is 2. The average molecular weight is 525 g/mol. The summed E-state index contributed by atoms with van der Waals surface area (Å²) in [6, 6.07) is 16.2. The van der Waals surface area contributed by atoms with Crippen LogP contribution >= 0.6 is 0 Å². The zero-order chi connectivity index (χ0) is 28.1. The summed E-state index contributed by atoms with van der Waals surface area (Å²) in [5.41, 5.74) is 15.1. The number of aryl methyl sites for hydroxylation is 1. The maximum Gasteiger partial charge on any atom is 0.244 e. The standard InChI is InChI=1S/C28H40N6O4/c1-19(2)16-22(18-25(35)33-38)27(37)34(15-7-10-20-8-5-4-6-9-20)24(26(36)31-3)17-21-11-13-23(14-12-21)32-28(29)30/h4-6,8-9,11-14,19,22,24,38H,7,10,15-18H2,1-3H3,(H,31,36)(H,33,35)(H4,29,30,32)/t22-,24+/m1/s1. The van der Waals surface area contributed by atoms with Gasteiger partial charge in [0.2, 0.25) is 17.7 Å². The van der Waals surface area contributed by atoms with E-state index in [0.29, 0.717) is 25.1 Å². The Bertz CT molecular complexity index is 1070. The van der Waals surface area contributed by atoms with Crippen LogP contribution in [-0.2, 0) is 27.2 Å². The lowest BCUT2D eigenvalue weighted by Gasteiger charge is -2.34. The molecule has 0 unspecified atom stereocenters. The molecular weight excluding hydrogens is 484 g/mol. The van der Waals surface area contributed by atoms with E-state index in [0.717, 1.165) is 17.5 Å². The van der Waals surface area contributed by atoms with Crippen molar-refractivity contribution in [2.45, 2.75) is 52.0 Å². The van der Waals surface area contributed by atoms with Crippen LogP contribution in [0.1, 0.15) is 44.2 Å². The number of hydrogen-bond donors (Lipinski definition) is 5. The van der Waals surface area contributed by atoms with Gasteiger partial charge in [-0.1, -0.05) is 56.3 Å². The number of guanidine groups is 1. The Kier molecular flexibility index (Phi) is 12.2. The first-order valence-corrected chi connectivity index (χ1v) is 12.8. The molecule has 0 aliphatic heterocycles. The highest BCUT2D eigenvalue weighted by molar-refractivity contribution is 5.90. The van der Waals surface area contributed by atoms with Gasteiger partial charge in [-0.25, -0.2) is 10.5 Å². The number of likely N-dealkylation sites (N-methyl/N-ethyl adjacent to an activating group) is 1. The smallest absolute Gasteiger partial charge is 0.244 e. The van der Waals surface area contributed by atoms with Crippen molar-refractivity contribution in [1.29, 1.82) is 0 Å². The maximum absolute atomic E-state index is 13.9. The van der Waals surface area contributed by atoms with Crippen LogP contribution in [0.5, 0.6) is 0 Å². The molecule has 0 fully saturated rings. The van der Waals surface area contributed by atoms with E-state index in [-0.39, 0.29) is 36.5 Å². The summed E-state index contributed by atoms with van der Waals surface area (Å²) >= 11 is 0. The Hall–Kier alpha value is -3.92. The number of amides is 3. The normalized spacial score (nSPS) is 12.3. The van der Waals surface area contributed by atoms with E-state index >= 15 is 0 Å². The minimum atomic E-state index is -0.802. The molecule has 10 nitrogen and oxygen atoms in total. The second kappa shape index (κ2) is 15.4. The van der Waals surface area contributed by atoms with E-state index in [4.69, 9.17) is 16.7 Å². The summed E-state index contributed by atoms with van der Waals surface area (Å²) in [4.78, 5) is 44.7. The number of rotatable bonds is 14. The highest BCUT2D eigenvalue weighted by Gasteiger charge is 2.34. The molecule has 0 bridgehead atoms. The van der Waals surface area contributed by atoms with Crippen LogP contribution in [0.15, 0.2) is 59.6 Å². The summed E-state index contributed by atoms with van der Waals surface area (Å²) in [5, 5.41) is 11.8. The number of hydroxylamine groups is 1. The van der Waals surface area contributed by atoms with Crippen molar-refractivity contribution >= 4 is 29.4 Å². The maximum atomic E-state index is 13.9. The summed E-state index contributed by atoms with van der Waals surface area (Å²) in [7, 11) is 1.54. The monoisotopic (exact) mass is 524 g/mol. The van der Waals surface area contributed by atoms with Crippen LogP contribution in [0.2, 0.25) is 0 Å². The third-order valence-corrected chi connectivity index (χ3v) is 6.20. The molecule has 0 aliphatic carbocycles. The lowest BCUT2D eigenvalue weighted by molar-refractivity contribution is -0.146. The molecular formula is C28H40N6O4. The molecule has 0 saturated carbocycles. The van der Waals surface area contributed by atoms with Crippen molar-refractivity contribution in [3.05, 3.63) is 65.7 Å². The second-order valence-corrected chi connectivity index (χ2v) is 9.72. The Balaban J connectivity index is 2.38. The van der Waals surface area contributed by atoms with Gasteiger partial charge in [-0.15, -0.1) is 0 Å². The molecule has 206 valence electrons. The predicted molar refractivity (Wildman–Crippen MR) is 147 cm³/mol. The quantitative estimate of drug-likeness (QED) is 0.110. The molecule has 2 aromatic carbocycles. The number of carbonyl (C=O) groups excluding carboxylic acids is 3. The van der Waals surface area contributed by atoms with Gasteiger partial charge in [0.25, 0.3) is 0 Å². The van der Waals surface area contributed by atoms with Crippen LogP contribution < -0.4 is 22.3 Å². The van der Waals surface area contributed by atoms with Crippen molar-refractivity contribution in [3.8, 4) is 0 Å². The fraction of sp³-hybridized carbons (Fsp3) is 0.429. The number of nitrogens with two attached hydrogens (primary N) is 2. The largest absolute Gasteiger partial charge is 0.370 e. The molecule has 10 heteroatoms. The van der Waals surface area contributed by atoms with Gasteiger partial charge >= 0.3 is 0 Å². The number of hydrogen-bond acceptors (Lipinski definition) is 5. The molecule has 0 saturated heterocycles. The third-order valence-electron chi connectivity index (χ3n) is 6.20. The molecule has 0 aromatic heterocycles. The molecule has 0 aliphatic rings. The Morgan fingerprint density at radius 3 is 2.21 bits per heavy atom. The highest BCUT2D eigenvalue weighted by atomic mass is 16.5. The molecule has 2 atom stereocenters. The molecule has 2 aromatic rings. The molecule has 2 rings (SSSR count). The summed E-state index contributed by atoms with van der Waals surface area (Å²) < 4.78 is 0. The number of carbonyl (C=O) groups is 3. The first kappa shape index (κ1) is 30.3. The first-order chi connectivity index (χ1) is 18.1. The van der Waals surface area contributed by atoms with E-state index in [1.54, 1.807) is 22.5 Å². The van der Waals surface area contributed by atoms with E-state index in [9.17, 15) is 14.4 Å². The van der Waals surface area contributed by atoms with Crippen LogP contribution in [0.4, 0.5) is 5.69 Å². The molecule has 7 N–H and O–H groups in total. The van der Waals surface area contributed by atoms with Gasteiger partial charge in [-0.2, -0.15) is 0 Å². The molecule has 0 heterocycles. The van der Waals surface area contributed by atoms with Crippen molar-refractivity contribution < 1.29 is 19.6 Å². The highest BCUT2D eigenvalue weighted by Crippen LogP contribution is 2.23. The van der Waals surface area contributed by atoms with Crippen LogP contribution in [0.25, 0.3) is 0 Å². The summed E-state index contributed by atoms with van der Waals surface area (Å²) in [6.07, 6.45) is 1.89. The third kappa shape index (κ3) is 9.85. The van der Waals surface area contributed by atoms with Gasteiger partial charge in [0.05, 0.1) is 5.69 Å². The fourth-order valence-corrected chi connectivity index (χ4v) is 4.45. The minimum Gasteiger partial charge on any atom is -0.370 e. The average Bonchev–Trinajstić information content (AvgIpc) is 2.89. The van der Waals surface area contributed by atoms with Crippen LogP contribution in [0, 0.1) is 11.8 Å². The van der Waals surface area contributed by atoms with E-state index < -0.39 is 17.9 Å². The summed E-state index contributed by atoms with van der Waals surface area (Å²) in [6.45, 7) is 4.25. The zero-order valence-electron chi connectivity index (χ0n) is 22.4. The van der Waals surface area contributed by atoms with E-state index in [1.165, 1.54) is 7.05 Å². The minimum absolute atomic E-state index is 0.0562. The van der Waals surface area contributed by atoms with Gasteiger partial charge in [0.1, 0.15) is 6.04 Å². The molecule has 0 spiro atoms. The summed E-state index contributed by atoms with van der Waals surface area (Å²) in [5.74, 6) is -1.85. The van der Waals surface area contributed by atoms with Crippen molar-refractivity contribution in [3.63, 3.8) is 0 Å². The lowest BCUT2D eigenvalue weighted by Crippen LogP contribution is -2.52. The van der Waals surface area contributed by atoms with Gasteiger partial charge < -0.3 is 21.7 Å². The number of benzene rings is 2. The molecule has 0 radical (unpaired) electrons. The zero-order valence-corrected chi connectivity index (χ0v) is 22.4. The van der Waals surface area contributed by atoms with Gasteiger partial charge in [0.15, 0.2) is 5.96 Å². The molecule has 38 heavy (non-hydrogen) atoms.